The first-order valence-corrected chi connectivity index (χ1v) is 16.0. The van der Waals surface area contributed by atoms with Crippen LogP contribution in [0.1, 0.15) is 79.1 Å². The number of hydrogen-bond acceptors (Lipinski definition) is 4. The molecule has 1 saturated carbocycles. The molecule has 0 aromatic heterocycles. The van der Waals surface area contributed by atoms with Crippen molar-refractivity contribution in [3.05, 3.63) is 0 Å². The van der Waals surface area contributed by atoms with Crippen molar-refractivity contribution in [1.29, 1.82) is 0 Å². The zero-order chi connectivity index (χ0) is 23.5. The highest BCUT2D eigenvalue weighted by molar-refractivity contribution is 6.76. The maximum Gasteiger partial charge on any atom is 0.409 e. The lowest BCUT2D eigenvalue weighted by molar-refractivity contribution is 0.0469. The number of nitrogens with zero attached hydrogens (tertiary/aromatic N) is 1. The Morgan fingerprint density at radius 3 is 2.32 bits per heavy atom. The molecule has 2 amide bonds. The van der Waals surface area contributed by atoms with Crippen molar-refractivity contribution in [2.75, 3.05) is 19.7 Å². The molecule has 182 valence electrons. The highest BCUT2D eigenvalue weighted by Crippen LogP contribution is 2.28. The molecule has 7 heteroatoms. The van der Waals surface area contributed by atoms with Crippen LogP contribution in [0.25, 0.3) is 0 Å². The number of alkyl carbamates (subject to hydrolysis) is 1. The number of nitrogens with one attached hydrogen (secondary N) is 1. The van der Waals surface area contributed by atoms with Gasteiger partial charge in [-0.1, -0.05) is 65.1 Å². The number of rotatable bonds is 11. The Bertz CT molecular complexity index is 537. The van der Waals surface area contributed by atoms with Gasteiger partial charge in [0.2, 0.25) is 0 Å². The Morgan fingerprint density at radius 1 is 1.13 bits per heavy atom. The molecule has 6 nitrogen and oxygen atoms in total. The molecule has 1 fully saturated rings. The molecule has 1 rings (SSSR count). The summed E-state index contributed by atoms with van der Waals surface area (Å²) >= 11 is 0. The predicted molar refractivity (Wildman–Crippen MR) is 130 cm³/mol. The maximum absolute atomic E-state index is 12.9. The second-order valence-corrected chi connectivity index (χ2v) is 16.9. The van der Waals surface area contributed by atoms with E-state index in [9.17, 15) is 9.59 Å². The largest absolute Gasteiger partial charge is 0.450 e. The van der Waals surface area contributed by atoms with Gasteiger partial charge in [0, 0.05) is 21.2 Å². The molecule has 1 N–H and O–H groups in total. The van der Waals surface area contributed by atoms with Crippen LogP contribution in [-0.2, 0) is 9.47 Å². The fourth-order valence-electron chi connectivity index (χ4n) is 3.89. The molecule has 1 aliphatic rings. The van der Waals surface area contributed by atoms with Gasteiger partial charge in [-0.25, -0.2) is 9.59 Å². The second-order valence-electron chi connectivity index (χ2n) is 11.3. The minimum absolute atomic E-state index is 0.126. The van der Waals surface area contributed by atoms with Crippen LogP contribution in [0.5, 0.6) is 0 Å². The number of hydrogen-bond donors (Lipinski definition) is 1. The number of amides is 2. The third-order valence-corrected chi connectivity index (χ3v) is 7.33. The summed E-state index contributed by atoms with van der Waals surface area (Å²) < 4.78 is 11.1. The lowest BCUT2D eigenvalue weighted by atomic mass is 9.84. The van der Waals surface area contributed by atoms with Crippen LogP contribution >= 0.6 is 0 Å². The summed E-state index contributed by atoms with van der Waals surface area (Å²) in [5, 5.41) is 3.06. The molecule has 1 atom stereocenters. The molecule has 0 aromatic carbocycles. The normalized spacial score (nSPS) is 16.5. The van der Waals surface area contributed by atoms with E-state index < -0.39 is 19.8 Å². The predicted octanol–water partition coefficient (Wildman–Crippen LogP) is 6.43. The number of carbonyl (C=O) groups is 2. The summed E-state index contributed by atoms with van der Waals surface area (Å²) in [6.45, 7) is 16.2. The fourth-order valence-corrected chi connectivity index (χ4v) is 4.60. The molecule has 0 radical (unpaired) electrons. The molecular formula is C24H48N2O4Si. The van der Waals surface area contributed by atoms with Gasteiger partial charge in [0.25, 0.3) is 0 Å². The summed E-state index contributed by atoms with van der Waals surface area (Å²) in [6, 6.07) is 0.835. The molecule has 0 aliphatic heterocycles. The van der Waals surface area contributed by atoms with E-state index in [1.807, 2.05) is 20.8 Å². The fraction of sp³-hybridized carbons (Fsp3) is 0.917. The Morgan fingerprint density at radius 2 is 1.77 bits per heavy atom. The van der Waals surface area contributed by atoms with E-state index in [2.05, 4.69) is 31.9 Å². The number of unbranched alkanes of at least 4 members (excludes halogenated alkanes) is 1. The monoisotopic (exact) mass is 456 g/mol. The summed E-state index contributed by atoms with van der Waals surface area (Å²) in [4.78, 5) is 27.1. The van der Waals surface area contributed by atoms with E-state index in [0.717, 1.165) is 25.3 Å². The van der Waals surface area contributed by atoms with Crippen molar-refractivity contribution in [3.63, 3.8) is 0 Å². The van der Waals surface area contributed by atoms with Crippen molar-refractivity contribution < 1.29 is 19.1 Å². The van der Waals surface area contributed by atoms with Gasteiger partial charge in [0.1, 0.15) is 5.60 Å². The molecule has 0 aromatic rings. The Kier molecular flexibility index (Phi) is 12.0. The maximum atomic E-state index is 12.9. The topological polar surface area (TPSA) is 67.9 Å². The molecule has 31 heavy (non-hydrogen) atoms. The van der Waals surface area contributed by atoms with Gasteiger partial charge >= 0.3 is 12.2 Å². The molecule has 1 aliphatic carbocycles. The molecule has 0 bridgehead atoms. The first kappa shape index (κ1) is 27.8. The molecule has 0 heterocycles. The Hall–Kier alpha value is -1.24. The smallest absolute Gasteiger partial charge is 0.409 e. The van der Waals surface area contributed by atoms with Crippen LogP contribution in [0.4, 0.5) is 9.59 Å². The van der Waals surface area contributed by atoms with Gasteiger partial charge in [-0.2, -0.15) is 0 Å². The van der Waals surface area contributed by atoms with Gasteiger partial charge in [0.05, 0.1) is 12.6 Å². The molecule has 0 spiro atoms. The summed E-state index contributed by atoms with van der Waals surface area (Å²) in [5.74, 6) is 0.588. The lowest BCUT2D eigenvalue weighted by Gasteiger charge is -2.32. The summed E-state index contributed by atoms with van der Waals surface area (Å²) in [5.41, 5.74) is -0.544. The van der Waals surface area contributed by atoms with Gasteiger partial charge in [-0.15, -0.1) is 0 Å². The van der Waals surface area contributed by atoms with Crippen molar-refractivity contribution in [3.8, 4) is 0 Å². The first-order chi connectivity index (χ1) is 14.4. The van der Waals surface area contributed by atoms with E-state index in [1.54, 1.807) is 4.90 Å². The van der Waals surface area contributed by atoms with Gasteiger partial charge in [-0.05, 0) is 45.6 Å². The van der Waals surface area contributed by atoms with Crippen LogP contribution in [0.15, 0.2) is 0 Å². The van der Waals surface area contributed by atoms with Crippen LogP contribution < -0.4 is 5.32 Å². The zero-order valence-electron chi connectivity index (χ0n) is 21.2. The van der Waals surface area contributed by atoms with Crippen LogP contribution in [0.2, 0.25) is 25.7 Å². The average molecular weight is 457 g/mol. The lowest BCUT2D eigenvalue weighted by Crippen LogP contribution is -2.48. The Labute approximate surface area is 191 Å². The SMILES string of the molecule is CCCCN(CC(CC1CCCCC1)NC(=O)OC(C)(C)C)C(=O)OCC[Si](C)(C)C. The third-order valence-electron chi connectivity index (χ3n) is 5.62. The second kappa shape index (κ2) is 13.3. The third kappa shape index (κ3) is 13.7. The van der Waals surface area contributed by atoms with Crippen molar-refractivity contribution >= 4 is 20.3 Å². The zero-order valence-corrected chi connectivity index (χ0v) is 22.2. The van der Waals surface area contributed by atoms with Gasteiger partial charge in [-0.3, -0.25) is 0 Å². The van der Waals surface area contributed by atoms with Crippen molar-refractivity contribution in [2.45, 2.75) is 116 Å². The molecule has 0 saturated heterocycles. The minimum Gasteiger partial charge on any atom is -0.450 e. The quantitative estimate of drug-likeness (QED) is 0.364. The van der Waals surface area contributed by atoms with Crippen molar-refractivity contribution in [2.24, 2.45) is 5.92 Å². The molecular weight excluding hydrogens is 408 g/mol. The summed E-state index contributed by atoms with van der Waals surface area (Å²) in [7, 11) is -1.26. The van der Waals surface area contributed by atoms with Crippen LogP contribution in [0, 0.1) is 5.92 Å². The van der Waals surface area contributed by atoms with Crippen LogP contribution in [0.3, 0.4) is 0 Å². The average Bonchev–Trinajstić information content (AvgIpc) is 2.63. The minimum atomic E-state index is -1.26. The van der Waals surface area contributed by atoms with E-state index in [0.29, 0.717) is 25.6 Å². The highest BCUT2D eigenvalue weighted by Gasteiger charge is 2.27. The van der Waals surface area contributed by atoms with E-state index in [1.165, 1.54) is 32.1 Å². The highest BCUT2D eigenvalue weighted by atomic mass is 28.3. The molecule has 1 unspecified atom stereocenters. The van der Waals surface area contributed by atoms with Crippen LogP contribution in [-0.4, -0.2) is 56.5 Å². The van der Waals surface area contributed by atoms with E-state index in [-0.39, 0.29) is 12.1 Å². The van der Waals surface area contributed by atoms with E-state index >= 15 is 0 Å². The van der Waals surface area contributed by atoms with Gasteiger partial charge in [0.15, 0.2) is 0 Å². The van der Waals surface area contributed by atoms with Crippen molar-refractivity contribution in [1.82, 2.24) is 10.2 Å². The Balaban J connectivity index is 2.80. The number of ether oxygens (including phenoxy) is 2. The number of carbonyl (C=O) groups excluding carboxylic acids is 2. The van der Waals surface area contributed by atoms with E-state index in [4.69, 9.17) is 9.47 Å². The first-order valence-electron chi connectivity index (χ1n) is 12.3. The van der Waals surface area contributed by atoms with Gasteiger partial charge < -0.3 is 19.7 Å². The standard InChI is InChI=1S/C24H48N2O4Si/c1-8-9-15-26(23(28)29-16-17-31(5,6)7)19-21(18-20-13-11-10-12-14-20)25-22(27)30-24(2,3)4/h20-21H,8-19H2,1-7H3,(H,25,27). The summed E-state index contributed by atoms with van der Waals surface area (Å²) in [6.07, 6.45) is 8.34.